The summed E-state index contributed by atoms with van der Waals surface area (Å²) >= 11 is 0. The first-order valence-corrected chi connectivity index (χ1v) is 8.84. The van der Waals surface area contributed by atoms with E-state index < -0.39 is 0 Å². The monoisotopic (exact) mass is 286 g/mol. The zero-order chi connectivity index (χ0) is 15.5. The molecule has 0 spiro atoms. The van der Waals surface area contributed by atoms with Crippen molar-refractivity contribution in [1.82, 2.24) is 0 Å². The highest BCUT2D eigenvalue weighted by atomic mass is 14.4. The van der Waals surface area contributed by atoms with E-state index in [-0.39, 0.29) is 0 Å². The van der Waals surface area contributed by atoms with Crippen molar-refractivity contribution in [3.63, 3.8) is 0 Å². The third kappa shape index (κ3) is 6.56. The maximum atomic E-state index is 4.60. The number of hydrogen-bond acceptors (Lipinski definition) is 0. The van der Waals surface area contributed by atoms with Gasteiger partial charge in [-0.2, -0.15) is 0 Å². The fourth-order valence-electron chi connectivity index (χ4n) is 4.26. The summed E-state index contributed by atoms with van der Waals surface area (Å²) in [4.78, 5) is 0. The predicted molar refractivity (Wildman–Crippen MR) is 95.0 cm³/mol. The van der Waals surface area contributed by atoms with Gasteiger partial charge in [0.15, 0.2) is 0 Å². The van der Waals surface area contributed by atoms with Crippen LogP contribution in [0.1, 0.15) is 71.1 Å². The van der Waals surface area contributed by atoms with Gasteiger partial charge in [0.1, 0.15) is 0 Å². The molecule has 2 aliphatic carbocycles. The lowest BCUT2D eigenvalue weighted by Gasteiger charge is -2.37. The van der Waals surface area contributed by atoms with Crippen molar-refractivity contribution >= 4 is 0 Å². The van der Waals surface area contributed by atoms with Crippen molar-refractivity contribution in [3.8, 4) is 12.3 Å². The highest BCUT2D eigenvalue weighted by molar-refractivity contribution is 4.85. The molecule has 21 heavy (non-hydrogen) atoms. The zero-order valence-electron chi connectivity index (χ0n) is 14.0. The molecule has 0 amide bonds. The van der Waals surface area contributed by atoms with Crippen LogP contribution in [0.3, 0.4) is 0 Å². The van der Waals surface area contributed by atoms with E-state index in [1.807, 2.05) is 0 Å². The fraction of sp³-hybridized carbons (Fsp3) is 0.714. The van der Waals surface area contributed by atoms with E-state index in [2.05, 4.69) is 37.7 Å². The molecule has 2 saturated carbocycles. The van der Waals surface area contributed by atoms with Crippen molar-refractivity contribution in [2.75, 3.05) is 0 Å². The summed E-state index contributed by atoms with van der Waals surface area (Å²) in [6.45, 7) is 9.42. The topological polar surface area (TPSA) is 0 Å². The van der Waals surface area contributed by atoms with Crippen molar-refractivity contribution in [2.45, 2.75) is 71.1 Å². The molecule has 0 aromatic carbocycles. The summed E-state index contributed by atoms with van der Waals surface area (Å²) in [5.74, 6) is 6.26. The van der Waals surface area contributed by atoms with E-state index in [1.54, 1.807) is 6.92 Å². The second kappa shape index (κ2) is 10.7. The van der Waals surface area contributed by atoms with E-state index >= 15 is 0 Å². The second-order valence-electron chi connectivity index (χ2n) is 6.90. The molecule has 0 saturated heterocycles. The molecule has 0 aliphatic heterocycles. The standard InChI is InChI=1S/C18H30.C3H4/c1-3-5-15-7-11-17(12-8-15)18-13-9-16(6-4-2)10-14-18;1-3-2/h3-4,15-18H,1-2,5-14H2;1H,2H3. The van der Waals surface area contributed by atoms with E-state index in [0.29, 0.717) is 0 Å². The fourth-order valence-corrected chi connectivity index (χ4v) is 4.26. The lowest BCUT2D eigenvalue weighted by atomic mass is 9.68. The molecule has 0 heterocycles. The maximum Gasteiger partial charge on any atom is -0.00297 e. The number of hydrogen-bond donors (Lipinski definition) is 0. The molecule has 0 aromatic heterocycles. The van der Waals surface area contributed by atoms with Crippen LogP contribution in [0, 0.1) is 36.0 Å². The van der Waals surface area contributed by atoms with Crippen LogP contribution in [0.15, 0.2) is 25.3 Å². The van der Waals surface area contributed by atoms with E-state index in [0.717, 1.165) is 23.7 Å². The molecule has 0 nitrogen and oxygen atoms in total. The molecule has 0 N–H and O–H groups in total. The Morgan fingerprint density at radius 3 is 1.33 bits per heavy atom. The summed E-state index contributed by atoms with van der Waals surface area (Å²) in [5, 5.41) is 0. The van der Waals surface area contributed by atoms with Gasteiger partial charge in [0.05, 0.1) is 0 Å². The Bertz CT molecular complexity index is 288. The molecule has 0 aromatic rings. The average molecular weight is 287 g/mol. The SMILES string of the molecule is C#CC.C=CCC1CCC(C2CCC(CC=C)CC2)CC1. The smallest absolute Gasteiger partial charge is 0.00297 e. The van der Waals surface area contributed by atoms with Crippen molar-refractivity contribution < 1.29 is 0 Å². The van der Waals surface area contributed by atoms with Gasteiger partial charge in [-0.15, -0.1) is 25.5 Å². The predicted octanol–water partition coefficient (Wildman–Crippen LogP) is 6.39. The Morgan fingerprint density at radius 2 is 1.10 bits per heavy atom. The van der Waals surface area contributed by atoms with Gasteiger partial charge in [-0.25, -0.2) is 0 Å². The highest BCUT2D eigenvalue weighted by Crippen LogP contribution is 2.42. The summed E-state index contributed by atoms with van der Waals surface area (Å²) in [6, 6.07) is 0. The van der Waals surface area contributed by atoms with Crippen LogP contribution in [0.2, 0.25) is 0 Å². The molecule has 0 bridgehead atoms. The Balaban J connectivity index is 0.000000677. The summed E-state index contributed by atoms with van der Waals surface area (Å²) in [7, 11) is 0. The molecular formula is C21H34. The van der Waals surface area contributed by atoms with Crippen molar-refractivity contribution in [1.29, 1.82) is 0 Å². The maximum absolute atomic E-state index is 4.60. The Kier molecular flexibility index (Phi) is 9.24. The van der Waals surface area contributed by atoms with E-state index in [1.165, 1.54) is 64.2 Å². The molecule has 118 valence electrons. The van der Waals surface area contributed by atoms with Gasteiger partial charge in [0.2, 0.25) is 0 Å². The minimum atomic E-state index is 0.954. The third-order valence-electron chi connectivity index (χ3n) is 5.45. The normalized spacial score (nSPS) is 32.2. The van der Waals surface area contributed by atoms with Crippen molar-refractivity contribution in [2.24, 2.45) is 23.7 Å². The molecular weight excluding hydrogens is 252 g/mol. The number of terminal acetylenes is 1. The van der Waals surface area contributed by atoms with Crippen LogP contribution in [-0.4, -0.2) is 0 Å². The van der Waals surface area contributed by atoms with Crippen LogP contribution in [0.5, 0.6) is 0 Å². The Morgan fingerprint density at radius 1 is 0.810 bits per heavy atom. The Hall–Kier alpha value is -0.960. The minimum Gasteiger partial charge on any atom is -0.120 e. The Labute approximate surface area is 133 Å². The van der Waals surface area contributed by atoms with E-state index in [9.17, 15) is 0 Å². The molecule has 0 unspecified atom stereocenters. The van der Waals surface area contributed by atoms with Gasteiger partial charge in [0, 0.05) is 0 Å². The largest absolute Gasteiger partial charge is 0.120 e. The first-order valence-electron chi connectivity index (χ1n) is 8.84. The van der Waals surface area contributed by atoms with Gasteiger partial charge >= 0.3 is 0 Å². The summed E-state index contributed by atoms with van der Waals surface area (Å²) in [6.07, 6.45) is 23.2. The lowest BCUT2D eigenvalue weighted by molar-refractivity contribution is 0.147. The number of rotatable bonds is 5. The highest BCUT2D eigenvalue weighted by Gasteiger charge is 2.30. The summed E-state index contributed by atoms with van der Waals surface area (Å²) < 4.78 is 0. The van der Waals surface area contributed by atoms with Crippen LogP contribution < -0.4 is 0 Å². The van der Waals surface area contributed by atoms with E-state index in [4.69, 9.17) is 0 Å². The first kappa shape index (κ1) is 18.1. The van der Waals surface area contributed by atoms with Crippen LogP contribution >= 0.6 is 0 Å². The lowest BCUT2D eigenvalue weighted by Crippen LogP contribution is -2.25. The summed E-state index contributed by atoms with van der Waals surface area (Å²) in [5.41, 5.74) is 0. The third-order valence-corrected chi connectivity index (χ3v) is 5.45. The first-order chi connectivity index (χ1) is 10.2. The second-order valence-corrected chi connectivity index (χ2v) is 6.90. The van der Waals surface area contributed by atoms with Crippen LogP contribution in [0.25, 0.3) is 0 Å². The molecule has 2 rings (SSSR count). The molecule has 2 aliphatic rings. The molecule has 0 radical (unpaired) electrons. The van der Waals surface area contributed by atoms with Gasteiger partial charge in [-0.1, -0.05) is 12.2 Å². The van der Waals surface area contributed by atoms with Gasteiger partial charge in [-0.3, -0.25) is 0 Å². The van der Waals surface area contributed by atoms with Gasteiger partial charge in [0.25, 0.3) is 0 Å². The van der Waals surface area contributed by atoms with Gasteiger partial charge in [-0.05, 0) is 94.8 Å². The molecule has 2 fully saturated rings. The van der Waals surface area contributed by atoms with Gasteiger partial charge < -0.3 is 0 Å². The minimum absolute atomic E-state index is 0.954. The molecule has 0 heteroatoms. The van der Waals surface area contributed by atoms with Crippen LogP contribution in [-0.2, 0) is 0 Å². The number of allylic oxidation sites excluding steroid dienone is 2. The quantitative estimate of drug-likeness (QED) is 0.405. The zero-order valence-corrected chi connectivity index (χ0v) is 14.0. The van der Waals surface area contributed by atoms with Crippen LogP contribution in [0.4, 0.5) is 0 Å². The molecule has 0 atom stereocenters. The van der Waals surface area contributed by atoms with Crippen molar-refractivity contribution in [3.05, 3.63) is 25.3 Å². The average Bonchev–Trinajstić information content (AvgIpc) is 2.50.